The van der Waals surface area contributed by atoms with Crippen LogP contribution in [0.15, 0.2) is 60.7 Å². The van der Waals surface area contributed by atoms with Gasteiger partial charge in [0.05, 0.1) is 6.10 Å². The Kier molecular flexibility index (Phi) is 5.96. The highest BCUT2D eigenvalue weighted by Gasteiger charge is 2.54. The summed E-state index contributed by atoms with van der Waals surface area (Å²) in [5.74, 6) is 5.88. The maximum Gasteiger partial charge on any atom is 0.261 e. The first-order valence-electron chi connectivity index (χ1n) is 10.9. The van der Waals surface area contributed by atoms with Crippen molar-refractivity contribution in [2.75, 3.05) is 13.1 Å². The van der Waals surface area contributed by atoms with Crippen LogP contribution >= 0.6 is 0 Å². The van der Waals surface area contributed by atoms with E-state index >= 15 is 0 Å². The molecule has 5 heteroatoms. The number of likely N-dealkylation sites (tertiary alicyclic amines) is 1. The van der Waals surface area contributed by atoms with Crippen LogP contribution in [-0.2, 0) is 4.43 Å². The lowest BCUT2D eigenvalue weighted by atomic mass is 10.1. The van der Waals surface area contributed by atoms with Gasteiger partial charge in [0.1, 0.15) is 0 Å². The normalized spacial score (nSPS) is 25.7. The monoisotopic (exact) mass is 409 g/mol. The maximum atomic E-state index is 7.44. The van der Waals surface area contributed by atoms with E-state index in [9.17, 15) is 0 Å². The SMILES string of the molecule is CC(C)(C)[Si](OC1CC(NN)CC1N1CCC1)(c1ccccc1)c1ccccc1. The van der Waals surface area contributed by atoms with E-state index in [0.29, 0.717) is 12.1 Å². The van der Waals surface area contributed by atoms with Crippen molar-refractivity contribution in [3.63, 3.8) is 0 Å². The summed E-state index contributed by atoms with van der Waals surface area (Å²) in [5, 5.41) is 2.71. The van der Waals surface area contributed by atoms with Gasteiger partial charge in [-0.05, 0) is 47.8 Å². The number of hydrogen-bond donors (Lipinski definition) is 2. The van der Waals surface area contributed by atoms with Gasteiger partial charge in [-0.1, -0.05) is 81.4 Å². The molecule has 4 rings (SSSR count). The molecule has 1 heterocycles. The molecule has 3 N–H and O–H groups in total. The molecule has 2 aliphatic rings. The molecule has 1 saturated carbocycles. The summed E-state index contributed by atoms with van der Waals surface area (Å²) < 4.78 is 7.44. The fourth-order valence-corrected chi connectivity index (χ4v) is 9.94. The summed E-state index contributed by atoms with van der Waals surface area (Å²) in [5.41, 5.74) is 3.04. The van der Waals surface area contributed by atoms with Crippen LogP contribution in [0.5, 0.6) is 0 Å². The van der Waals surface area contributed by atoms with E-state index in [0.717, 1.165) is 12.8 Å². The first-order valence-corrected chi connectivity index (χ1v) is 12.9. The van der Waals surface area contributed by atoms with E-state index in [1.807, 2.05) is 0 Å². The highest BCUT2D eigenvalue weighted by atomic mass is 28.4. The predicted octanol–water partition coefficient (Wildman–Crippen LogP) is 2.63. The number of hydrogen-bond acceptors (Lipinski definition) is 4. The first kappa shape index (κ1) is 20.8. The molecule has 1 saturated heterocycles. The lowest BCUT2D eigenvalue weighted by molar-refractivity contribution is 0.0423. The number of benzene rings is 2. The summed E-state index contributed by atoms with van der Waals surface area (Å²) in [7, 11) is -2.53. The lowest BCUT2D eigenvalue weighted by Gasteiger charge is -2.47. The highest BCUT2D eigenvalue weighted by Crippen LogP contribution is 2.41. The van der Waals surface area contributed by atoms with E-state index in [4.69, 9.17) is 10.3 Å². The van der Waals surface area contributed by atoms with Crippen molar-refractivity contribution in [1.29, 1.82) is 0 Å². The second-order valence-electron chi connectivity index (χ2n) is 9.61. The van der Waals surface area contributed by atoms with Crippen molar-refractivity contribution in [2.24, 2.45) is 5.84 Å². The van der Waals surface area contributed by atoms with Crippen LogP contribution in [0.3, 0.4) is 0 Å². The Bertz CT molecular complexity index is 749. The summed E-state index contributed by atoms with van der Waals surface area (Å²) in [4.78, 5) is 2.60. The maximum absolute atomic E-state index is 7.44. The van der Waals surface area contributed by atoms with E-state index < -0.39 is 8.32 Å². The quantitative estimate of drug-likeness (QED) is 0.437. The average molecular weight is 410 g/mol. The van der Waals surface area contributed by atoms with Gasteiger partial charge in [-0.25, -0.2) is 0 Å². The molecule has 4 nitrogen and oxygen atoms in total. The molecule has 1 aliphatic heterocycles. The van der Waals surface area contributed by atoms with Crippen LogP contribution in [0, 0.1) is 0 Å². The second-order valence-corrected chi connectivity index (χ2v) is 13.9. The van der Waals surface area contributed by atoms with Crippen molar-refractivity contribution in [3.8, 4) is 0 Å². The molecule has 0 aromatic heterocycles. The molecule has 3 unspecified atom stereocenters. The fraction of sp³-hybridized carbons (Fsp3) is 0.500. The van der Waals surface area contributed by atoms with Gasteiger partial charge in [-0.15, -0.1) is 0 Å². The van der Waals surface area contributed by atoms with Crippen LogP contribution in [0.25, 0.3) is 0 Å². The van der Waals surface area contributed by atoms with E-state index in [1.54, 1.807) is 0 Å². The molecular weight excluding hydrogens is 374 g/mol. The third-order valence-electron chi connectivity index (χ3n) is 6.81. The third kappa shape index (κ3) is 3.82. The first-order chi connectivity index (χ1) is 14.0. The van der Waals surface area contributed by atoms with Crippen molar-refractivity contribution < 1.29 is 4.43 Å². The van der Waals surface area contributed by atoms with E-state index in [2.05, 4.69) is 91.8 Å². The van der Waals surface area contributed by atoms with Crippen LogP contribution in [-0.4, -0.2) is 44.5 Å². The summed E-state index contributed by atoms with van der Waals surface area (Å²) in [6, 6.07) is 22.7. The molecule has 3 atom stereocenters. The zero-order valence-electron chi connectivity index (χ0n) is 18.0. The minimum absolute atomic E-state index is 0.00341. The fourth-order valence-electron chi connectivity index (χ4n) is 5.21. The molecular formula is C24H35N3OSi. The van der Waals surface area contributed by atoms with Crippen LogP contribution in [0.1, 0.15) is 40.0 Å². The number of nitrogens with two attached hydrogens (primary N) is 1. The van der Waals surface area contributed by atoms with Crippen LogP contribution in [0.2, 0.25) is 5.04 Å². The molecule has 0 spiro atoms. The minimum atomic E-state index is -2.53. The van der Waals surface area contributed by atoms with Gasteiger partial charge in [-0.2, -0.15) is 0 Å². The Morgan fingerprint density at radius 1 is 0.931 bits per heavy atom. The molecule has 0 bridgehead atoms. The van der Waals surface area contributed by atoms with Gasteiger partial charge in [-0.3, -0.25) is 16.2 Å². The Morgan fingerprint density at radius 2 is 1.48 bits per heavy atom. The zero-order valence-corrected chi connectivity index (χ0v) is 19.0. The Balaban J connectivity index is 1.80. The Labute approximate surface area is 176 Å². The summed E-state index contributed by atoms with van der Waals surface area (Å²) in [6.07, 6.45) is 3.53. The van der Waals surface area contributed by atoms with Gasteiger partial charge in [0.15, 0.2) is 0 Å². The average Bonchev–Trinajstić information content (AvgIpc) is 3.07. The molecule has 156 valence electrons. The topological polar surface area (TPSA) is 50.5 Å². The van der Waals surface area contributed by atoms with Gasteiger partial charge >= 0.3 is 0 Å². The molecule has 2 aromatic carbocycles. The third-order valence-corrected chi connectivity index (χ3v) is 11.9. The molecule has 0 radical (unpaired) electrons. The zero-order chi connectivity index (χ0) is 20.5. The Morgan fingerprint density at radius 3 is 1.90 bits per heavy atom. The van der Waals surface area contributed by atoms with Crippen LogP contribution < -0.4 is 21.6 Å². The summed E-state index contributed by atoms with van der Waals surface area (Å²) >= 11 is 0. The Hall–Kier alpha value is -1.50. The van der Waals surface area contributed by atoms with E-state index in [-0.39, 0.29) is 11.1 Å². The number of hydrazine groups is 1. The van der Waals surface area contributed by atoms with Gasteiger partial charge in [0.2, 0.25) is 0 Å². The van der Waals surface area contributed by atoms with Crippen molar-refractivity contribution in [1.82, 2.24) is 10.3 Å². The number of nitrogens with one attached hydrogen (secondary N) is 1. The smallest absolute Gasteiger partial charge is 0.261 e. The predicted molar refractivity (Wildman–Crippen MR) is 123 cm³/mol. The van der Waals surface area contributed by atoms with Gasteiger partial charge < -0.3 is 4.43 Å². The largest absolute Gasteiger partial charge is 0.403 e. The molecule has 1 aliphatic carbocycles. The van der Waals surface area contributed by atoms with Crippen molar-refractivity contribution in [3.05, 3.63) is 60.7 Å². The van der Waals surface area contributed by atoms with Crippen molar-refractivity contribution in [2.45, 2.75) is 63.3 Å². The molecule has 29 heavy (non-hydrogen) atoms. The standard InChI is InChI=1S/C24H35N3OSi/c1-24(2,3)29(20-11-6-4-7-12-20,21-13-8-5-9-14-21)28-23-18-19(26-25)17-22(23)27-15-10-16-27/h4-9,11-14,19,22-23,26H,10,15-18,25H2,1-3H3. The number of rotatable bonds is 6. The van der Waals surface area contributed by atoms with Crippen molar-refractivity contribution >= 4 is 18.7 Å². The van der Waals surface area contributed by atoms with E-state index in [1.165, 1.54) is 29.9 Å². The second kappa shape index (κ2) is 8.32. The summed E-state index contributed by atoms with van der Waals surface area (Å²) in [6.45, 7) is 9.42. The highest BCUT2D eigenvalue weighted by molar-refractivity contribution is 6.99. The molecule has 2 aromatic rings. The van der Waals surface area contributed by atoms with Gasteiger partial charge in [0.25, 0.3) is 8.32 Å². The lowest BCUT2D eigenvalue weighted by Crippen LogP contribution is -2.69. The minimum Gasteiger partial charge on any atom is -0.403 e. The molecule has 0 amide bonds. The number of nitrogens with zero attached hydrogens (tertiary/aromatic N) is 1. The van der Waals surface area contributed by atoms with Crippen LogP contribution in [0.4, 0.5) is 0 Å². The van der Waals surface area contributed by atoms with Gasteiger partial charge in [0, 0.05) is 12.1 Å². The molecule has 2 fully saturated rings.